The SMILES string of the molecule is CCC1C(=O)NC(=O)CN1c1cccc(S(N)(=O)=O)c1N. The number of sulfonamides is 1. The quantitative estimate of drug-likeness (QED) is 0.492. The summed E-state index contributed by atoms with van der Waals surface area (Å²) in [6.07, 6.45) is 0.443. The molecule has 8 nitrogen and oxygen atoms in total. The highest BCUT2D eigenvalue weighted by Gasteiger charge is 2.34. The van der Waals surface area contributed by atoms with Crippen LogP contribution in [0.1, 0.15) is 13.3 Å². The van der Waals surface area contributed by atoms with Crippen LogP contribution in [-0.4, -0.2) is 32.8 Å². The number of amides is 2. The van der Waals surface area contributed by atoms with E-state index in [-0.39, 0.29) is 17.1 Å². The summed E-state index contributed by atoms with van der Waals surface area (Å²) in [6, 6.07) is 3.70. The molecular weight excluding hydrogens is 296 g/mol. The fraction of sp³-hybridized carbons (Fsp3) is 0.333. The molecule has 2 rings (SSSR count). The Morgan fingerprint density at radius 1 is 1.38 bits per heavy atom. The fourth-order valence-corrected chi connectivity index (χ4v) is 3.04. The van der Waals surface area contributed by atoms with Crippen LogP contribution in [0.3, 0.4) is 0 Å². The molecule has 1 atom stereocenters. The highest BCUT2D eigenvalue weighted by Crippen LogP contribution is 2.31. The summed E-state index contributed by atoms with van der Waals surface area (Å²) >= 11 is 0. The fourth-order valence-electron chi connectivity index (χ4n) is 2.36. The van der Waals surface area contributed by atoms with Crippen LogP contribution in [0.2, 0.25) is 0 Å². The van der Waals surface area contributed by atoms with E-state index < -0.39 is 27.9 Å². The largest absolute Gasteiger partial charge is 0.396 e. The summed E-state index contributed by atoms with van der Waals surface area (Å²) in [6.45, 7) is 1.70. The second-order valence-electron chi connectivity index (χ2n) is 4.70. The van der Waals surface area contributed by atoms with Gasteiger partial charge < -0.3 is 10.6 Å². The average molecular weight is 312 g/mol. The third-order valence-electron chi connectivity index (χ3n) is 3.30. The van der Waals surface area contributed by atoms with Crippen molar-refractivity contribution in [3.05, 3.63) is 18.2 Å². The van der Waals surface area contributed by atoms with Crippen molar-refractivity contribution < 1.29 is 18.0 Å². The molecule has 2 amide bonds. The molecule has 0 aromatic heterocycles. The van der Waals surface area contributed by atoms with E-state index in [0.29, 0.717) is 12.1 Å². The number of nitrogen functional groups attached to an aromatic ring is 1. The molecule has 0 bridgehead atoms. The topological polar surface area (TPSA) is 136 Å². The highest BCUT2D eigenvalue weighted by atomic mass is 32.2. The van der Waals surface area contributed by atoms with Gasteiger partial charge in [-0.1, -0.05) is 13.0 Å². The molecule has 1 aliphatic rings. The first-order chi connectivity index (χ1) is 9.75. The number of rotatable bonds is 3. The van der Waals surface area contributed by atoms with E-state index in [1.54, 1.807) is 13.0 Å². The van der Waals surface area contributed by atoms with Crippen molar-refractivity contribution in [2.75, 3.05) is 17.2 Å². The van der Waals surface area contributed by atoms with Crippen LogP contribution in [0.25, 0.3) is 0 Å². The summed E-state index contributed by atoms with van der Waals surface area (Å²) < 4.78 is 23.0. The summed E-state index contributed by atoms with van der Waals surface area (Å²) in [5, 5.41) is 7.35. The van der Waals surface area contributed by atoms with Crippen molar-refractivity contribution in [1.82, 2.24) is 5.32 Å². The number of nitrogens with zero attached hydrogens (tertiary/aromatic N) is 1. The van der Waals surface area contributed by atoms with Crippen LogP contribution < -0.4 is 21.1 Å². The first kappa shape index (κ1) is 15.3. The van der Waals surface area contributed by atoms with Gasteiger partial charge in [0.05, 0.1) is 17.9 Å². The van der Waals surface area contributed by atoms with Gasteiger partial charge >= 0.3 is 0 Å². The van der Waals surface area contributed by atoms with Crippen molar-refractivity contribution in [2.24, 2.45) is 5.14 Å². The van der Waals surface area contributed by atoms with E-state index in [4.69, 9.17) is 10.9 Å². The lowest BCUT2D eigenvalue weighted by atomic mass is 10.1. The van der Waals surface area contributed by atoms with Gasteiger partial charge in [0.15, 0.2) is 0 Å². The molecule has 1 aliphatic heterocycles. The van der Waals surface area contributed by atoms with Gasteiger partial charge in [-0.05, 0) is 18.6 Å². The van der Waals surface area contributed by atoms with E-state index in [1.807, 2.05) is 0 Å². The molecule has 1 heterocycles. The molecule has 0 aliphatic carbocycles. The molecule has 0 spiro atoms. The van der Waals surface area contributed by atoms with Crippen molar-refractivity contribution >= 4 is 33.2 Å². The van der Waals surface area contributed by atoms with E-state index in [1.165, 1.54) is 17.0 Å². The van der Waals surface area contributed by atoms with Gasteiger partial charge in [0.1, 0.15) is 10.9 Å². The van der Waals surface area contributed by atoms with E-state index in [2.05, 4.69) is 5.32 Å². The normalized spacial score (nSPS) is 19.5. The zero-order valence-electron chi connectivity index (χ0n) is 11.4. The molecule has 5 N–H and O–H groups in total. The second-order valence-corrected chi connectivity index (χ2v) is 6.23. The minimum atomic E-state index is -3.98. The Balaban J connectivity index is 2.54. The average Bonchev–Trinajstić information content (AvgIpc) is 2.36. The Morgan fingerprint density at radius 2 is 2.05 bits per heavy atom. The van der Waals surface area contributed by atoms with Gasteiger partial charge in [-0.3, -0.25) is 14.9 Å². The Bertz CT molecular complexity index is 701. The first-order valence-corrected chi connectivity index (χ1v) is 7.82. The molecule has 21 heavy (non-hydrogen) atoms. The number of carbonyl (C=O) groups excluding carboxylic acids is 2. The number of nitrogens with one attached hydrogen (secondary N) is 1. The highest BCUT2D eigenvalue weighted by molar-refractivity contribution is 7.89. The molecule has 9 heteroatoms. The number of primary sulfonamides is 1. The number of benzene rings is 1. The molecule has 0 saturated carbocycles. The maximum absolute atomic E-state index is 11.9. The van der Waals surface area contributed by atoms with Gasteiger partial charge in [-0.15, -0.1) is 0 Å². The number of para-hydroxylation sites is 1. The Labute approximate surface area is 122 Å². The first-order valence-electron chi connectivity index (χ1n) is 6.27. The third kappa shape index (κ3) is 2.83. The smallest absolute Gasteiger partial charge is 0.249 e. The molecule has 1 saturated heterocycles. The van der Waals surface area contributed by atoms with Gasteiger partial charge in [0.25, 0.3) is 0 Å². The number of carbonyl (C=O) groups is 2. The summed E-state index contributed by atoms with van der Waals surface area (Å²) in [5.41, 5.74) is 6.10. The Morgan fingerprint density at radius 3 is 2.62 bits per heavy atom. The minimum absolute atomic E-state index is 0.0686. The standard InChI is InChI=1S/C12H16N4O4S/c1-2-7-12(18)15-10(17)6-16(7)8-4-3-5-9(11(8)13)21(14,19)20/h3-5,7H,2,6,13H2,1H3,(H2,14,19,20)(H,15,17,18). The Kier molecular flexibility index (Phi) is 3.88. The van der Waals surface area contributed by atoms with Crippen LogP contribution in [0.15, 0.2) is 23.1 Å². The maximum atomic E-state index is 11.9. The lowest BCUT2D eigenvalue weighted by Gasteiger charge is -2.36. The Hall–Kier alpha value is -2.13. The summed E-state index contributed by atoms with van der Waals surface area (Å²) in [5.74, 6) is -0.903. The van der Waals surface area contributed by atoms with E-state index in [0.717, 1.165) is 0 Å². The molecule has 1 aromatic carbocycles. The van der Waals surface area contributed by atoms with E-state index in [9.17, 15) is 18.0 Å². The van der Waals surface area contributed by atoms with Gasteiger partial charge in [0, 0.05) is 0 Å². The van der Waals surface area contributed by atoms with Crippen LogP contribution in [0.4, 0.5) is 11.4 Å². The number of imide groups is 1. The molecule has 0 radical (unpaired) electrons. The van der Waals surface area contributed by atoms with Crippen molar-refractivity contribution in [3.8, 4) is 0 Å². The molecular formula is C12H16N4O4S. The number of hydrogen-bond acceptors (Lipinski definition) is 6. The van der Waals surface area contributed by atoms with Crippen LogP contribution in [0.5, 0.6) is 0 Å². The van der Waals surface area contributed by atoms with Crippen molar-refractivity contribution in [2.45, 2.75) is 24.3 Å². The second kappa shape index (κ2) is 5.34. The van der Waals surface area contributed by atoms with Gasteiger partial charge in [-0.25, -0.2) is 13.6 Å². The zero-order valence-corrected chi connectivity index (χ0v) is 12.2. The lowest BCUT2D eigenvalue weighted by Crippen LogP contribution is -2.58. The third-order valence-corrected chi connectivity index (χ3v) is 4.27. The minimum Gasteiger partial charge on any atom is -0.396 e. The molecule has 114 valence electrons. The monoisotopic (exact) mass is 312 g/mol. The van der Waals surface area contributed by atoms with Gasteiger partial charge in [-0.2, -0.15) is 0 Å². The van der Waals surface area contributed by atoms with Crippen LogP contribution in [-0.2, 0) is 19.6 Å². The summed E-state index contributed by atoms with van der Waals surface area (Å²) in [7, 11) is -3.98. The number of piperazine rings is 1. The van der Waals surface area contributed by atoms with Crippen LogP contribution in [0, 0.1) is 0 Å². The predicted molar refractivity (Wildman–Crippen MR) is 76.8 cm³/mol. The number of anilines is 2. The van der Waals surface area contributed by atoms with Crippen molar-refractivity contribution in [1.29, 1.82) is 0 Å². The van der Waals surface area contributed by atoms with Gasteiger partial charge in [0.2, 0.25) is 21.8 Å². The lowest BCUT2D eigenvalue weighted by molar-refractivity contribution is -0.132. The zero-order chi connectivity index (χ0) is 15.8. The van der Waals surface area contributed by atoms with E-state index >= 15 is 0 Å². The number of nitrogens with two attached hydrogens (primary N) is 2. The summed E-state index contributed by atoms with van der Waals surface area (Å²) in [4.78, 5) is 24.7. The molecule has 1 unspecified atom stereocenters. The van der Waals surface area contributed by atoms with Crippen LogP contribution >= 0.6 is 0 Å². The molecule has 1 fully saturated rings. The predicted octanol–water partition coefficient (Wildman–Crippen LogP) is -0.842. The maximum Gasteiger partial charge on any atom is 0.249 e. The molecule has 1 aromatic rings. The number of hydrogen-bond donors (Lipinski definition) is 3. The van der Waals surface area contributed by atoms with Crippen molar-refractivity contribution in [3.63, 3.8) is 0 Å².